The molecule has 1 saturated carbocycles. The van der Waals surface area contributed by atoms with Crippen LogP contribution in [0.1, 0.15) is 41.4 Å². The third kappa shape index (κ3) is 4.13. The van der Waals surface area contributed by atoms with Gasteiger partial charge in [-0.25, -0.2) is 10.5 Å². The van der Waals surface area contributed by atoms with E-state index in [1.807, 2.05) is 0 Å². The van der Waals surface area contributed by atoms with E-state index in [2.05, 4.69) is 10.3 Å². The largest absolute Gasteiger partial charge is 0.454 e. The molecule has 3 N–H and O–H groups in total. The van der Waals surface area contributed by atoms with Gasteiger partial charge in [-0.3, -0.25) is 14.8 Å². The molecule has 2 atom stereocenters. The maximum Gasteiger partial charge on any atom is 0.449 e. The van der Waals surface area contributed by atoms with Gasteiger partial charge >= 0.3 is 6.18 Å². The fourth-order valence-corrected chi connectivity index (χ4v) is 3.96. The summed E-state index contributed by atoms with van der Waals surface area (Å²) >= 11 is 0. The van der Waals surface area contributed by atoms with Gasteiger partial charge in [-0.2, -0.15) is 13.2 Å². The number of rotatable bonds is 5. The summed E-state index contributed by atoms with van der Waals surface area (Å²) in [6.45, 7) is -0.262. The average Bonchev–Trinajstić information content (AvgIpc) is 3.46. The Hall–Kier alpha value is -3.34. The molecular formula is C20H19F3N4O4. The van der Waals surface area contributed by atoms with Gasteiger partial charge in [-0.15, -0.1) is 0 Å². The molecule has 31 heavy (non-hydrogen) atoms. The van der Waals surface area contributed by atoms with Crippen molar-refractivity contribution in [2.75, 3.05) is 0 Å². The number of para-hydroxylation sites is 2. The van der Waals surface area contributed by atoms with Gasteiger partial charge in [0.05, 0.1) is 23.5 Å². The molecule has 2 amide bonds. The number of nitrogens with zero attached hydrogens (tertiary/aromatic N) is 2. The van der Waals surface area contributed by atoms with E-state index in [0.29, 0.717) is 24.8 Å². The highest BCUT2D eigenvalue weighted by Gasteiger charge is 2.38. The lowest BCUT2D eigenvalue weighted by Gasteiger charge is -2.18. The topological polar surface area (TPSA) is 109 Å². The quantitative estimate of drug-likeness (QED) is 0.421. The molecule has 1 aliphatic rings. The molecule has 2 aromatic heterocycles. The predicted molar refractivity (Wildman–Crippen MR) is 101 cm³/mol. The van der Waals surface area contributed by atoms with E-state index < -0.39 is 35.8 Å². The van der Waals surface area contributed by atoms with Crippen LogP contribution in [0.25, 0.3) is 11.0 Å². The van der Waals surface area contributed by atoms with E-state index in [-0.39, 0.29) is 23.6 Å². The van der Waals surface area contributed by atoms with E-state index in [0.717, 1.165) is 4.57 Å². The SMILES string of the molecule is O=C(N[C@@H]1CCC[C@@H]1C(=O)NO)c1ccc(Cn2c(C(F)(F)F)nc3ccccc32)o1. The minimum atomic E-state index is -4.66. The van der Waals surface area contributed by atoms with E-state index >= 15 is 0 Å². The number of alkyl halides is 3. The number of aromatic nitrogens is 2. The monoisotopic (exact) mass is 436 g/mol. The zero-order valence-corrected chi connectivity index (χ0v) is 16.1. The lowest BCUT2D eigenvalue weighted by molar-refractivity contribution is -0.146. The molecular weight excluding hydrogens is 417 g/mol. The first-order valence-corrected chi connectivity index (χ1v) is 9.64. The zero-order valence-electron chi connectivity index (χ0n) is 16.1. The third-order valence-electron chi connectivity index (χ3n) is 5.39. The molecule has 0 bridgehead atoms. The lowest BCUT2D eigenvalue weighted by Crippen LogP contribution is -2.43. The van der Waals surface area contributed by atoms with Crippen LogP contribution in [0, 0.1) is 5.92 Å². The van der Waals surface area contributed by atoms with Gasteiger partial charge in [-0.05, 0) is 37.1 Å². The first-order valence-electron chi connectivity index (χ1n) is 9.64. The van der Waals surface area contributed by atoms with Crippen LogP contribution in [-0.2, 0) is 17.5 Å². The lowest BCUT2D eigenvalue weighted by atomic mass is 10.0. The second kappa shape index (κ2) is 8.06. The zero-order chi connectivity index (χ0) is 22.2. The van der Waals surface area contributed by atoms with Crippen molar-refractivity contribution >= 4 is 22.8 Å². The molecule has 0 unspecified atom stereocenters. The number of amides is 2. The summed E-state index contributed by atoms with van der Waals surface area (Å²) in [4.78, 5) is 27.9. The second-order valence-corrected chi connectivity index (χ2v) is 7.37. The molecule has 8 nitrogen and oxygen atoms in total. The van der Waals surface area contributed by atoms with Gasteiger partial charge < -0.3 is 14.3 Å². The number of fused-ring (bicyclic) bond motifs is 1. The normalized spacial score (nSPS) is 19.0. The first kappa shape index (κ1) is 20.9. The third-order valence-corrected chi connectivity index (χ3v) is 5.39. The van der Waals surface area contributed by atoms with Crippen molar-refractivity contribution < 1.29 is 32.4 Å². The van der Waals surface area contributed by atoms with Crippen molar-refractivity contribution in [1.82, 2.24) is 20.3 Å². The van der Waals surface area contributed by atoms with Crippen molar-refractivity contribution in [3.8, 4) is 0 Å². The molecule has 1 aliphatic carbocycles. The highest BCUT2D eigenvalue weighted by atomic mass is 19.4. The van der Waals surface area contributed by atoms with Crippen molar-refractivity contribution in [1.29, 1.82) is 0 Å². The second-order valence-electron chi connectivity index (χ2n) is 7.37. The predicted octanol–water partition coefficient (Wildman–Crippen LogP) is 3.10. The molecule has 3 aromatic rings. The van der Waals surface area contributed by atoms with Crippen LogP contribution in [0.2, 0.25) is 0 Å². The summed E-state index contributed by atoms with van der Waals surface area (Å²) < 4.78 is 46.8. The number of furan rings is 1. The number of imidazole rings is 1. The van der Waals surface area contributed by atoms with Gasteiger partial charge in [-0.1, -0.05) is 18.6 Å². The van der Waals surface area contributed by atoms with Crippen LogP contribution in [0.4, 0.5) is 13.2 Å². The minimum Gasteiger partial charge on any atom is -0.454 e. The summed E-state index contributed by atoms with van der Waals surface area (Å²) in [5.74, 6) is -2.71. The maximum atomic E-state index is 13.5. The smallest absolute Gasteiger partial charge is 0.449 e. The van der Waals surface area contributed by atoms with Gasteiger partial charge in [0.1, 0.15) is 5.76 Å². The van der Waals surface area contributed by atoms with E-state index in [1.54, 1.807) is 17.6 Å². The number of carbonyl (C=O) groups excluding carboxylic acids is 2. The number of hydroxylamine groups is 1. The Labute approximate surface area is 174 Å². The van der Waals surface area contributed by atoms with Crippen LogP contribution >= 0.6 is 0 Å². The molecule has 0 aliphatic heterocycles. The molecule has 1 aromatic carbocycles. The van der Waals surface area contributed by atoms with Crippen LogP contribution < -0.4 is 10.8 Å². The molecule has 0 spiro atoms. The Morgan fingerprint density at radius 3 is 2.71 bits per heavy atom. The molecule has 0 saturated heterocycles. The number of hydrogen-bond acceptors (Lipinski definition) is 5. The number of nitrogens with one attached hydrogen (secondary N) is 2. The first-order chi connectivity index (χ1) is 14.8. The standard InChI is InChI=1S/C20H19F3N4O4/c21-20(22,23)19-25-14-5-1-2-7-15(14)27(19)10-11-8-9-16(31-11)18(29)24-13-6-3-4-12(13)17(28)26-30/h1-2,5,7-9,12-13,30H,3-4,6,10H2,(H,24,29)(H,26,28)/t12-,13+/m0/s1. The summed E-state index contributed by atoms with van der Waals surface area (Å²) in [6, 6.07) is 8.56. The number of benzene rings is 1. The van der Waals surface area contributed by atoms with Crippen LogP contribution in [0.15, 0.2) is 40.8 Å². The molecule has 4 rings (SSSR count). The molecule has 11 heteroatoms. The molecule has 164 valence electrons. The number of carbonyl (C=O) groups is 2. The molecule has 1 fully saturated rings. The Balaban J connectivity index is 1.54. The number of halogens is 3. The fourth-order valence-electron chi connectivity index (χ4n) is 3.96. The minimum absolute atomic E-state index is 0.0805. The van der Waals surface area contributed by atoms with Crippen molar-refractivity contribution in [3.05, 3.63) is 53.7 Å². The summed E-state index contributed by atoms with van der Waals surface area (Å²) in [6.07, 6.45) is -2.86. The molecule has 2 heterocycles. The fraction of sp³-hybridized carbons (Fsp3) is 0.350. The van der Waals surface area contributed by atoms with Crippen LogP contribution in [0.5, 0.6) is 0 Å². The van der Waals surface area contributed by atoms with Crippen LogP contribution in [-0.4, -0.2) is 32.6 Å². The summed E-state index contributed by atoms with van der Waals surface area (Å²) in [5.41, 5.74) is 2.09. The highest BCUT2D eigenvalue weighted by molar-refractivity contribution is 5.92. The average molecular weight is 436 g/mol. The Bertz CT molecular complexity index is 1120. The highest BCUT2D eigenvalue weighted by Crippen LogP contribution is 2.32. The van der Waals surface area contributed by atoms with Crippen molar-refractivity contribution in [2.24, 2.45) is 5.92 Å². The van der Waals surface area contributed by atoms with Crippen molar-refractivity contribution in [2.45, 2.75) is 38.0 Å². The van der Waals surface area contributed by atoms with E-state index in [9.17, 15) is 22.8 Å². The molecule has 0 radical (unpaired) electrons. The van der Waals surface area contributed by atoms with Gasteiger partial charge in [0.15, 0.2) is 5.76 Å². The Morgan fingerprint density at radius 1 is 1.19 bits per heavy atom. The summed E-state index contributed by atoms with van der Waals surface area (Å²) in [5, 5.41) is 11.5. The van der Waals surface area contributed by atoms with E-state index in [1.165, 1.54) is 24.3 Å². The van der Waals surface area contributed by atoms with Crippen molar-refractivity contribution in [3.63, 3.8) is 0 Å². The Morgan fingerprint density at radius 2 is 1.97 bits per heavy atom. The maximum absolute atomic E-state index is 13.5. The number of hydrogen-bond donors (Lipinski definition) is 3. The van der Waals surface area contributed by atoms with Gasteiger partial charge in [0, 0.05) is 6.04 Å². The van der Waals surface area contributed by atoms with Crippen LogP contribution in [0.3, 0.4) is 0 Å². The summed E-state index contributed by atoms with van der Waals surface area (Å²) in [7, 11) is 0. The van der Waals surface area contributed by atoms with Gasteiger partial charge in [0.25, 0.3) is 5.91 Å². The Kier molecular flexibility index (Phi) is 5.44. The van der Waals surface area contributed by atoms with E-state index in [4.69, 9.17) is 9.62 Å². The van der Waals surface area contributed by atoms with Gasteiger partial charge in [0.2, 0.25) is 11.7 Å².